The molecule has 1 N–H and O–H groups in total. The summed E-state index contributed by atoms with van der Waals surface area (Å²) in [5.41, 5.74) is 2.99. The Balaban J connectivity index is 1.82. The highest BCUT2D eigenvalue weighted by atomic mass is 32.1. The summed E-state index contributed by atoms with van der Waals surface area (Å²) in [6.07, 6.45) is 2.48. The quantitative estimate of drug-likeness (QED) is 0.888. The van der Waals surface area contributed by atoms with E-state index in [2.05, 4.69) is 14.9 Å². The van der Waals surface area contributed by atoms with E-state index in [0.717, 1.165) is 47.7 Å². The number of carbonyl (C=O) groups excluding carboxylic acids is 2. The van der Waals surface area contributed by atoms with Gasteiger partial charge in [0.15, 0.2) is 0 Å². The lowest BCUT2D eigenvalue weighted by Crippen LogP contribution is -2.38. The van der Waals surface area contributed by atoms with Crippen molar-refractivity contribution in [3.63, 3.8) is 0 Å². The molecule has 0 radical (unpaired) electrons. The van der Waals surface area contributed by atoms with Gasteiger partial charge in [0.1, 0.15) is 4.88 Å². The van der Waals surface area contributed by atoms with Crippen LogP contribution in [0.2, 0.25) is 0 Å². The summed E-state index contributed by atoms with van der Waals surface area (Å²) in [4.78, 5) is 27.6. The molecule has 0 bridgehead atoms. The number of rotatable bonds is 4. The van der Waals surface area contributed by atoms with Gasteiger partial charge in [0.25, 0.3) is 5.91 Å². The van der Waals surface area contributed by atoms with Crippen LogP contribution in [0.15, 0.2) is 18.2 Å². The first-order valence-electron chi connectivity index (χ1n) is 8.88. The van der Waals surface area contributed by atoms with Gasteiger partial charge in [-0.2, -0.15) is 0 Å². The van der Waals surface area contributed by atoms with E-state index < -0.39 is 5.41 Å². The third-order valence-electron chi connectivity index (χ3n) is 4.37. The van der Waals surface area contributed by atoms with Crippen molar-refractivity contribution in [2.24, 2.45) is 5.41 Å². The molecule has 26 heavy (non-hydrogen) atoms. The summed E-state index contributed by atoms with van der Waals surface area (Å²) >= 11 is 1.11. The molecule has 0 spiro atoms. The second-order valence-corrected chi connectivity index (χ2v) is 8.31. The summed E-state index contributed by atoms with van der Waals surface area (Å²) in [6, 6.07) is 5.76. The van der Waals surface area contributed by atoms with Gasteiger partial charge >= 0.3 is 0 Å². The lowest BCUT2D eigenvalue weighted by Gasteiger charge is -2.26. The number of hydrogen-bond acceptors (Lipinski definition) is 5. The van der Waals surface area contributed by atoms with Crippen LogP contribution in [0.3, 0.4) is 0 Å². The van der Waals surface area contributed by atoms with Crippen molar-refractivity contribution in [1.29, 1.82) is 0 Å². The Morgan fingerprint density at radius 2 is 2.08 bits per heavy atom. The van der Waals surface area contributed by atoms with E-state index in [0.29, 0.717) is 17.1 Å². The van der Waals surface area contributed by atoms with Crippen LogP contribution in [0.5, 0.6) is 0 Å². The highest BCUT2D eigenvalue weighted by Gasteiger charge is 2.32. The van der Waals surface area contributed by atoms with Crippen LogP contribution in [-0.2, 0) is 17.6 Å². The van der Waals surface area contributed by atoms with Gasteiger partial charge in [-0.15, -0.1) is 5.10 Å². The van der Waals surface area contributed by atoms with Gasteiger partial charge in [0.05, 0.1) is 5.69 Å². The van der Waals surface area contributed by atoms with Crippen LogP contribution in [0.1, 0.15) is 55.0 Å². The number of aromatic nitrogens is 2. The number of hydrogen-bond donors (Lipinski definition) is 1. The molecule has 2 aromatic rings. The highest BCUT2D eigenvalue weighted by molar-refractivity contribution is 7.08. The first-order chi connectivity index (χ1) is 12.3. The van der Waals surface area contributed by atoms with Crippen LogP contribution < -0.4 is 10.2 Å². The zero-order valence-electron chi connectivity index (χ0n) is 15.6. The van der Waals surface area contributed by atoms with Crippen molar-refractivity contribution in [2.45, 2.75) is 47.0 Å². The van der Waals surface area contributed by atoms with Crippen molar-refractivity contribution < 1.29 is 9.59 Å². The molecule has 0 saturated heterocycles. The average molecular weight is 372 g/mol. The molecular weight excluding hydrogens is 348 g/mol. The first kappa shape index (κ1) is 18.5. The molecule has 6 nitrogen and oxygen atoms in total. The molecule has 0 aliphatic carbocycles. The zero-order valence-corrected chi connectivity index (χ0v) is 16.4. The Labute approximate surface area is 157 Å². The standard InChI is InChI=1S/C19H24N4O2S/c1-5-6-14-16(26-22-21-14)17(24)20-13-8-7-12-9-10-23(15(12)11-13)18(25)19(2,3)4/h7-8,11H,5-6,9-10H2,1-4H3,(H,20,24). The number of fused-ring (bicyclic) bond motifs is 1. The summed E-state index contributed by atoms with van der Waals surface area (Å²) in [6.45, 7) is 8.49. The van der Waals surface area contributed by atoms with Crippen LogP contribution >= 0.6 is 11.5 Å². The van der Waals surface area contributed by atoms with E-state index in [-0.39, 0.29) is 11.8 Å². The monoisotopic (exact) mass is 372 g/mol. The minimum Gasteiger partial charge on any atom is -0.321 e. The van der Waals surface area contributed by atoms with Crippen LogP contribution in [0, 0.1) is 5.41 Å². The van der Waals surface area contributed by atoms with Gasteiger partial charge in [-0.05, 0) is 42.1 Å². The van der Waals surface area contributed by atoms with Gasteiger partial charge in [-0.25, -0.2) is 0 Å². The number of nitrogens with zero attached hydrogens (tertiary/aromatic N) is 3. The first-order valence-corrected chi connectivity index (χ1v) is 9.66. The van der Waals surface area contributed by atoms with E-state index in [9.17, 15) is 9.59 Å². The molecule has 0 atom stereocenters. The van der Waals surface area contributed by atoms with E-state index >= 15 is 0 Å². The number of anilines is 2. The van der Waals surface area contributed by atoms with Crippen molar-refractivity contribution in [1.82, 2.24) is 9.59 Å². The molecule has 2 amide bonds. The van der Waals surface area contributed by atoms with Gasteiger partial charge in [-0.1, -0.05) is 44.7 Å². The molecule has 0 unspecified atom stereocenters. The molecule has 0 saturated carbocycles. The molecule has 7 heteroatoms. The fourth-order valence-electron chi connectivity index (χ4n) is 3.04. The predicted molar refractivity (Wildman–Crippen MR) is 104 cm³/mol. The lowest BCUT2D eigenvalue weighted by molar-refractivity contribution is -0.125. The number of amides is 2. The summed E-state index contributed by atoms with van der Waals surface area (Å²) < 4.78 is 3.90. The smallest absolute Gasteiger partial charge is 0.269 e. The minimum atomic E-state index is -0.440. The Hall–Kier alpha value is -2.28. The zero-order chi connectivity index (χ0) is 18.9. The second kappa shape index (κ2) is 7.15. The van der Waals surface area contributed by atoms with E-state index in [4.69, 9.17) is 0 Å². The molecule has 1 aliphatic rings. The molecule has 1 aliphatic heterocycles. The summed E-state index contributed by atoms with van der Waals surface area (Å²) in [5, 5.41) is 6.97. The number of benzene rings is 1. The van der Waals surface area contributed by atoms with Crippen LogP contribution in [0.4, 0.5) is 11.4 Å². The number of aryl methyl sites for hydroxylation is 1. The summed E-state index contributed by atoms with van der Waals surface area (Å²) in [7, 11) is 0. The number of nitrogens with one attached hydrogen (secondary N) is 1. The third kappa shape index (κ3) is 3.62. The topological polar surface area (TPSA) is 75.2 Å². The molecule has 138 valence electrons. The molecular formula is C19H24N4O2S. The van der Waals surface area contributed by atoms with E-state index in [1.807, 2.05) is 50.8 Å². The number of carbonyl (C=O) groups is 2. The molecule has 3 rings (SSSR count). The van der Waals surface area contributed by atoms with Crippen LogP contribution in [0.25, 0.3) is 0 Å². The fourth-order valence-corrected chi connectivity index (χ4v) is 3.65. The molecule has 1 aromatic carbocycles. The lowest BCUT2D eigenvalue weighted by atomic mass is 9.94. The molecule has 1 aromatic heterocycles. The Morgan fingerprint density at radius 1 is 1.31 bits per heavy atom. The van der Waals surface area contributed by atoms with Gasteiger partial charge in [-0.3, -0.25) is 9.59 Å². The van der Waals surface area contributed by atoms with Crippen LogP contribution in [-0.4, -0.2) is 27.9 Å². The maximum absolute atomic E-state index is 12.7. The van der Waals surface area contributed by atoms with Crippen molar-refractivity contribution >= 4 is 34.7 Å². The van der Waals surface area contributed by atoms with Gasteiger partial charge in [0.2, 0.25) is 5.91 Å². The maximum Gasteiger partial charge on any atom is 0.269 e. The Morgan fingerprint density at radius 3 is 2.77 bits per heavy atom. The highest BCUT2D eigenvalue weighted by Crippen LogP contribution is 2.34. The van der Waals surface area contributed by atoms with E-state index in [1.165, 1.54) is 0 Å². The fraction of sp³-hybridized carbons (Fsp3) is 0.474. The SMILES string of the molecule is CCCc1nnsc1C(=O)Nc1ccc2c(c1)N(C(=O)C(C)(C)C)CC2. The van der Waals surface area contributed by atoms with E-state index in [1.54, 1.807) is 0 Å². The Bertz CT molecular complexity index is 838. The van der Waals surface area contributed by atoms with Crippen molar-refractivity contribution in [3.05, 3.63) is 34.3 Å². The average Bonchev–Trinajstić information content (AvgIpc) is 3.20. The molecule has 2 heterocycles. The summed E-state index contributed by atoms with van der Waals surface area (Å²) in [5.74, 6) is -0.105. The molecule has 0 fully saturated rings. The third-order valence-corrected chi connectivity index (χ3v) is 5.14. The minimum absolute atomic E-state index is 0.0941. The van der Waals surface area contributed by atoms with Gasteiger partial charge < -0.3 is 10.2 Å². The van der Waals surface area contributed by atoms with Crippen molar-refractivity contribution in [3.8, 4) is 0 Å². The van der Waals surface area contributed by atoms with Crippen molar-refractivity contribution in [2.75, 3.05) is 16.8 Å². The van der Waals surface area contributed by atoms with Gasteiger partial charge in [0, 0.05) is 23.3 Å². The predicted octanol–water partition coefficient (Wildman–Crippen LogP) is 3.68. The Kier molecular flexibility index (Phi) is 5.09. The maximum atomic E-state index is 12.7. The normalized spacial score (nSPS) is 13.6. The largest absolute Gasteiger partial charge is 0.321 e. The second-order valence-electron chi connectivity index (χ2n) is 7.55.